The SMILES string of the molecule is Cc1c(C=CC(=O)c2cnn(C)c2C)cnn1C. The van der Waals surface area contributed by atoms with E-state index in [-0.39, 0.29) is 5.78 Å². The van der Waals surface area contributed by atoms with Crippen molar-refractivity contribution in [1.82, 2.24) is 19.6 Å². The third-order valence-electron chi connectivity index (χ3n) is 3.19. The van der Waals surface area contributed by atoms with Crippen molar-refractivity contribution in [3.05, 3.63) is 41.0 Å². The molecule has 18 heavy (non-hydrogen) atoms. The molecule has 0 unspecified atom stereocenters. The van der Waals surface area contributed by atoms with E-state index >= 15 is 0 Å². The Hall–Kier alpha value is -2.17. The Bertz CT molecular complexity index is 619. The first-order valence-corrected chi connectivity index (χ1v) is 5.70. The van der Waals surface area contributed by atoms with Gasteiger partial charge in [-0.3, -0.25) is 14.2 Å². The number of allylic oxidation sites excluding steroid dienone is 1. The summed E-state index contributed by atoms with van der Waals surface area (Å²) in [5.41, 5.74) is 3.48. The van der Waals surface area contributed by atoms with Crippen LogP contribution in [0.1, 0.15) is 27.3 Å². The zero-order chi connectivity index (χ0) is 13.3. The molecule has 0 aliphatic heterocycles. The van der Waals surface area contributed by atoms with Gasteiger partial charge in [0.2, 0.25) is 0 Å². The fraction of sp³-hybridized carbons (Fsp3) is 0.308. The molecule has 0 radical (unpaired) electrons. The smallest absolute Gasteiger partial charge is 0.189 e. The van der Waals surface area contributed by atoms with Crippen LogP contribution < -0.4 is 0 Å². The maximum atomic E-state index is 12.0. The Morgan fingerprint density at radius 1 is 1.11 bits per heavy atom. The number of rotatable bonds is 3. The molecule has 0 bridgehead atoms. The van der Waals surface area contributed by atoms with Crippen LogP contribution in [0.15, 0.2) is 18.5 Å². The highest BCUT2D eigenvalue weighted by molar-refractivity contribution is 6.07. The van der Waals surface area contributed by atoms with Crippen molar-refractivity contribution in [2.45, 2.75) is 13.8 Å². The van der Waals surface area contributed by atoms with E-state index in [4.69, 9.17) is 0 Å². The summed E-state index contributed by atoms with van der Waals surface area (Å²) in [5, 5.41) is 8.19. The van der Waals surface area contributed by atoms with Gasteiger partial charge in [-0.1, -0.05) is 0 Å². The molecular formula is C13H16N4O. The Labute approximate surface area is 106 Å². The summed E-state index contributed by atoms with van der Waals surface area (Å²) in [5.74, 6) is -0.0381. The van der Waals surface area contributed by atoms with Crippen molar-refractivity contribution in [2.75, 3.05) is 0 Å². The van der Waals surface area contributed by atoms with Gasteiger partial charge in [-0.15, -0.1) is 0 Å². The third-order valence-corrected chi connectivity index (χ3v) is 3.19. The van der Waals surface area contributed by atoms with E-state index in [2.05, 4.69) is 10.2 Å². The van der Waals surface area contributed by atoms with Crippen molar-refractivity contribution >= 4 is 11.9 Å². The van der Waals surface area contributed by atoms with E-state index in [1.54, 1.807) is 33.9 Å². The van der Waals surface area contributed by atoms with Crippen LogP contribution in [0.5, 0.6) is 0 Å². The second-order valence-electron chi connectivity index (χ2n) is 4.27. The van der Waals surface area contributed by atoms with Gasteiger partial charge in [0.25, 0.3) is 0 Å². The molecule has 0 spiro atoms. The molecule has 2 aromatic heterocycles. The molecule has 0 atom stereocenters. The second-order valence-corrected chi connectivity index (χ2v) is 4.27. The number of hydrogen-bond acceptors (Lipinski definition) is 3. The van der Waals surface area contributed by atoms with Crippen LogP contribution >= 0.6 is 0 Å². The molecule has 0 aromatic carbocycles. The van der Waals surface area contributed by atoms with Crippen LogP contribution in [0, 0.1) is 13.8 Å². The van der Waals surface area contributed by atoms with Gasteiger partial charge in [0.15, 0.2) is 5.78 Å². The predicted octanol–water partition coefficient (Wildman–Crippen LogP) is 1.67. The molecule has 0 N–H and O–H groups in total. The van der Waals surface area contributed by atoms with Gasteiger partial charge in [0.1, 0.15) is 0 Å². The van der Waals surface area contributed by atoms with Crippen molar-refractivity contribution in [3.63, 3.8) is 0 Å². The summed E-state index contributed by atoms with van der Waals surface area (Å²) < 4.78 is 3.47. The predicted molar refractivity (Wildman–Crippen MR) is 69.3 cm³/mol. The zero-order valence-corrected chi connectivity index (χ0v) is 11.0. The van der Waals surface area contributed by atoms with Crippen LogP contribution in [0.3, 0.4) is 0 Å². The number of nitrogens with zero attached hydrogens (tertiary/aromatic N) is 4. The average molecular weight is 244 g/mol. The highest BCUT2D eigenvalue weighted by Crippen LogP contribution is 2.11. The first-order valence-electron chi connectivity index (χ1n) is 5.70. The minimum absolute atomic E-state index is 0.0381. The van der Waals surface area contributed by atoms with Crippen molar-refractivity contribution in [2.24, 2.45) is 14.1 Å². The summed E-state index contributed by atoms with van der Waals surface area (Å²) in [4.78, 5) is 12.0. The monoisotopic (exact) mass is 244 g/mol. The van der Waals surface area contributed by atoms with Crippen LogP contribution in [-0.2, 0) is 14.1 Å². The van der Waals surface area contributed by atoms with E-state index in [0.717, 1.165) is 17.0 Å². The molecule has 0 aliphatic carbocycles. The van der Waals surface area contributed by atoms with Crippen molar-refractivity contribution < 1.29 is 4.79 Å². The first-order chi connectivity index (χ1) is 8.50. The lowest BCUT2D eigenvalue weighted by Crippen LogP contribution is -1.98. The van der Waals surface area contributed by atoms with Gasteiger partial charge in [-0.2, -0.15) is 10.2 Å². The van der Waals surface area contributed by atoms with Gasteiger partial charge in [-0.25, -0.2) is 0 Å². The summed E-state index contributed by atoms with van der Waals surface area (Å²) in [6, 6.07) is 0. The van der Waals surface area contributed by atoms with E-state index in [1.807, 2.05) is 27.9 Å². The summed E-state index contributed by atoms with van der Waals surface area (Å²) in [7, 11) is 3.70. The first kappa shape index (κ1) is 12.3. The molecule has 0 amide bonds. The summed E-state index contributed by atoms with van der Waals surface area (Å²) in [6.45, 7) is 3.84. The zero-order valence-electron chi connectivity index (χ0n) is 11.0. The van der Waals surface area contributed by atoms with Gasteiger partial charge >= 0.3 is 0 Å². The van der Waals surface area contributed by atoms with Gasteiger partial charge in [-0.05, 0) is 26.0 Å². The Kier molecular flexibility index (Phi) is 3.14. The molecule has 5 nitrogen and oxygen atoms in total. The van der Waals surface area contributed by atoms with Gasteiger partial charge < -0.3 is 0 Å². The number of aromatic nitrogens is 4. The topological polar surface area (TPSA) is 52.7 Å². The number of ketones is 1. The highest BCUT2D eigenvalue weighted by Gasteiger charge is 2.10. The largest absolute Gasteiger partial charge is 0.289 e. The van der Waals surface area contributed by atoms with Gasteiger partial charge in [0, 0.05) is 31.0 Å². The lowest BCUT2D eigenvalue weighted by Gasteiger charge is -1.96. The number of hydrogen-bond donors (Lipinski definition) is 0. The number of aryl methyl sites for hydroxylation is 2. The second kappa shape index (κ2) is 4.60. The van der Waals surface area contributed by atoms with E-state index < -0.39 is 0 Å². The van der Waals surface area contributed by atoms with Crippen LogP contribution in [0.4, 0.5) is 0 Å². The fourth-order valence-electron chi connectivity index (χ4n) is 1.68. The molecular weight excluding hydrogens is 228 g/mol. The molecule has 0 saturated carbocycles. The van der Waals surface area contributed by atoms with Crippen LogP contribution in [-0.4, -0.2) is 25.3 Å². The molecule has 0 fully saturated rings. The normalized spacial score (nSPS) is 11.3. The van der Waals surface area contributed by atoms with E-state index in [0.29, 0.717) is 5.56 Å². The molecule has 0 saturated heterocycles. The fourth-order valence-corrected chi connectivity index (χ4v) is 1.68. The standard InChI is InChI=1S/C13H16N4O/c1-9-11(7-14-16(9)3)5-6-13(18)12-8-15-17(4)10(12)2/h5-8H,1-4H3. The number of carbonyl (C=O) groups excluding carboxylic acids is 1. The Morgan fingerprint density at radius 3 is 2.22 bits per heavy atom. The van der Waals surface area contributed by atoms with Crippen molar-refractivity contribution in [3.8, 4) is 0 Å². The Balaban J connectivity index is 2.22. The number of carbonyl (C=O) groups is 1. The van der Waals surface area contributed by atoms with Crippen molar-refractivity contribution in [1.29, 1.82) is 0 Å². The van der Waals surface area contributed by atoms with Crippen LogP contribution in [0.2, 0.25) is 0 Å². The maximum Gasteiger partial charge on any atom is 0.189 e. The minimum Gasteiger partial charge on any atom is -0.289 e. The minimum atomic E-state index is -0.0381. The molecule has 0 aliphatic rings. The third kappa shape index (κ3) is 2.11. The lowest BCUT2D eigenvalue weighted by molar-refractivity contribution is 0.104. The van der Waals surface area contributed by atoms with Gasteiger partial charge in [0.05, 0.1) is 18.0 Å². The molecule has 94 valence electrons. The van der Waals surface area contributed by atoms with E-state index in [9.17, 15) is 4.79 Å². The lowest BCUT2D eigenvalue weighted by atomic mass is 10.1. The molecule has 2 heterocycles. The molecule has 2 aromatic rings. The van der Waals surface area contributed by atoms with E-state index in [1.165, 1.54) is 0 Å². The molecule has 5 heteroatoms. The summed E-state index contributed by atoms with van der Waals surface area (Å²) in [6.07, 6.45) is 6.69. The quantitative estimate of drug-likeness (QED) is 0.609. The average Bonchev–Trinajstić information content (AvgIpc) is 2.83. The molecule has 2 rings (SSSR count). The highest BCUT2D eigenvalue weighted by atomic mass is 16.1. The van der Waals surface area contributed by atoms with Crippen LogP contribution in [0.25, 0.3) is 6.08 Å². The summed E-state index contributed by atoms with van der Waals surface area (Å²) >= 11 is 0. The Morgan fingerprint density at radius 2 is 1.72 bits per heavy atom. The maximum absolute atomic E-state index is 12.0.